The summed E-state index contributed by atoms with van der Waals surface area (Å²) in [7, 11) is 0. The molecule has 1 fully saturated rings. The van der Waals surface area contributed by atoms with Crippen molar-refractivity contribution in [2.45, 2.75) is 31.6 Å². The van der Waals surface area contributed by atoms with Crippen LogP contribution in [0, 0.1) is 12.7 Å². The third-order valence-corrected chi connectivity index (χ3v) is 4.41. The number of benzene rings is 1. The summed E-state index contributed by atoms with van der Waals surface area (Å²) in [5, 5.41) is 4.24. The van der Waals surface area contributed by atoms with Crippen molar-refractivity contribution in [1.29, 1.82) is 0 Å². The predicted molar refractivity (Wildman–Crippen MR) is 68.3 cm³/mol. The molecule has 3 heteroatoms. The lowest BCUT2D eigenvalue weighted by Gasteiger charge is -2.11. The first-order valence-electron chi connectivity index (χ1n) is 5.83. The first-order valence-corrected chi connectivity index (χ1v) is 6.88. The van der Waals surface area contributed by atoms with E-state index >= 15 is 0 Å². The molecule has 0 saturated carbocycles. The van der Waals surface area contributed by atoms with Crippen molar-refractivity contribution in [2.24, 2.45) is 0 Å². The molecule has 1 heterocycles. The van der Waals surface area contributed by atoms with Gasteiger partial charge in [0.2, 0.25) is 0 Å². The molecular weight excluding hydrogens is 221 g/mol. The highest BCUT2D eigenvalue weighted by Crippen LogP contribution is 2.25. The molecule has 1 saturated heterocycles. The minimum absolute atomic E-state index is 0.146. The standard InChI is InChI=1S/C13H18FNS/c1-10-7-12(14)5-4-11(10)8-15-9-13-3-2-6-16-13/h4-5,7,13,15H,2-3,6,8-9H2,1H3. The molecule has 1 aliphatic heterocycles. The summed E-state index contributed by atoms with van der Waals surface area (Å²) in [4.78, 5) is 0. The number of thioether (sulfide) groups is 1. The molecule has 1 atom stereocenters. The zero-order valence-electron chi connectivity index (χ0n) is 9.63. The van der Waals surface area contributed by atoms with Gasteiger partial charge in [0.25, 0.3) is 0 Å². The second-order valence-electron chi connectivity index (χ2n) is 4.34. The molecule has 0 aromatic heterocycles. The smallest absolute Gasteiger partial charge is 0.123 e. The molecule has 0 amide bonds. The third kappa shape index (κ3) is 3.22. The Morgan fingerprint density at radius 3 is 3.06 bits per heavy atom. The molecule has 2 rings (SSSR count). The molecule has 0 bridgehead atoms. The maximum atomic E-state index is 12.9. The van der Waals surface area contributed by atoms with Gasteiger partial charge >= 0.3 is 0 Å². The maximum absolute atomic E-state index is 12.9. The average molecular weight is 239 g/mol. The summed E-state index contributed by atoms with van der Waals surface area (Å²) < 4.78 is 12.9. The van der Waals surface area contributed by atoms with Gasteiger partial charge in [-0.1, -0.05) is 6.07 Å². The summed E-state index contributed by atoms with van der Waals surface area (Å²) in [5.41, 5.74) is 2.23. The molecule has 1 nitrogen and oxygen atoms in total. The van der Waals surface area contributed by atoms with Crippen LogP contribution in [0.25, 0.3) is 0 Å². The second-order valence-corrected chi connectivity index (χ2v) is 5.74. The Hall–Kier alpha value is -0.540. The molecule has 88 valence electrons. The maximum Gasteiger partial charge on any atom is 0.123 e. The van der Waals surface area contributed by atoms with Crippen LogP contribution in [-0.4, -0.2) is 17.5 Å². The summed E-state index contributed by atoms with van der Waals surface area (Å²) in [6, 6.07) is 5.01. The van der Waals surface area contributed by atoms with E-state index in [2.05, 4.69) is 17.1 Å². The fourth-order valence-corrected chi connectivity index (χ4v) is 3.27. The Morgan fingerprint density at radius 1 is 1.50 bits per heavy atom. The van der Waals surface area contributed by atoms with Crippen molar-refractivity contribution in [3.8, 4) is 0 Å². The third-order valence-electron chi connectivity index (χ3n) is 3.02. The van der Waals surface area contributed by atoms with Crippen molar-refractivity contribution in [3.63, 3.8) is 0 Å². The largest absolute Gasteiger partial charge is 0.312 e. The van der Waals surface area contributed by atoms with Gasteiger partial charge in [0.05, 0.1) is 0 Å². The van der Waals surface area contributed by atoms with Crippen LogP contribution in [0.4, 0.5) is 4.39 Å². The molecular formula is C13H18FNS. The van der Waals surface area contributed by atoms with E-state index in [9.17, 15) is 4.39 Å². The van der Waals surface area contributed by atoms with Crippen LogP contribution in [-0.2, 0) is 6.54 Å². The first-order chi connectivity index (χ1) is 7.75. The molecule has 1 aromatic rings. The Bertz CT molecular complexity index is 348. The van der Waals surface area contributed by atoms with E-state index < -0.39 is 0 Å². The number of nitrogens with one attached hydrogen (secondary N) is 1. The molecule has 1 aliphatic rings. The lowest BCUT2D eigenvalue weighted by molar-refractivity contribution is 0.620. The second kappa shape index (κ2) is 5.69. The molecule has 1 unspecified atom stereocenters. The minimum atomic E-state index is -0.146. The molecule has 0 aliphatic carbocycles. The van der Waals surface area contributed by atoms with Crippen molar-refractivity contribution >= 4 is 11.8 Å². The highest BCUT2D eigenvalue weighted by Gasteiger charge is 2.14. The molecule has 0 spiro atoms. The van der Waals surface area contributed by atoms with Gasteiger partial charge < -0.3 is 5.32 Å². The van der Waals surface area contributed by atoms with E-state index in [-0.39, 0.29) is 5.82 Å². The van der Waals surface area contributed by atoms with Gasteiger partial charge in [0.1, 0.15) is 5.82 Å². The van der Waals surface area contributed by atoms with E-state index in [1.165, 1.54) is 30.2 Å². The SMILES string of the molecule is Cc1cc(F)ccc1CNCC1CCCS1. The van der Waals surface area contributed by atoms with Crippen LogP contribution in [0.3, 0.4) is 0 Å². The Morgan fingerprint density at radius 2 is 2.38 bits per heavy atom. The molecule has 1 N–H and O–H groups in total. The van der Waals surface area contributed by atoms with Crippen molar-refractivity contribution in [2.75, 3.05) is 12.3 Å². The van der Waals surface area contributed by atoms with Gasteiger partial charge in [-0.2, -0.15) is 11.8 Å². The van der Waals surface area contributed by atoms with Gasteiger partial charge in [0, 0.05) is 18.3 Å². The van der Waals surface area contributed by atoms with Gasteiger partial charge in [0.15, 0.2) is 0 Å². The van der Waals surface area contributed by atoms with Crippen molar-refractivity contribution < 1.29 is 4.39 Å². The van der Waals surface area contributed by atoms with Gasteiger partial charge in [-0.05, 0) is 48.8 Å². The van der Waals surface area contributed by atoms with Crippen LogP contribution < -0.4 is 5.32 Å². The highest BCUT2D eigenvalue weighted by atomic mass is 32.2. The van der Waals surface area contributed by atoms with Crippen molar-refractivity contribution in [1.82, 2.24) is 5.32 Å². The van der Waals surface area contributed by atoms with Crippen LogP contribution >= 0.6 is 11.8 Å². The van der Waals surface area contributed by atoms with E-state index in [0.29, 0.717) is 0 Å². The quantitative estimate of drug-likeness (QED) is 0.866. The first kappa shape index (κ1) is 11.9. The van der Waals surface area contributed by atoms with E-state index in [0.717, 1.165) is 23.9 Å². The lowest BCUT2D eigenvalue weighted by Crippen LogP contribution is -2.23. The van der Waals surface area contributed by atoms with Gasteiger partial charge in [-0.25, -0.2) is 4.39 Å². The number of hydrogen-bond donors (Lipinski definition) is 1. The van der Waals surface area contributed by atoms with Crippen LogP contribution in [0.5, 0.6) is 0 Å². The summed E-state index contributed by atoms with van der Waals surface area (Å²) in [5.74, 6) is 1.16. The average Bonchev–Trinajstić information content (AvgIpc) is 2.74. The summed E-state index contributed by atoms with van der Waals surface area (Å²) >= 11 is 2.06. The molecule has 0 radical (unpaired) electrons. The fourth-order valence-electron chi connectivity index (χ4n) is 2.03. The van der Waals surface area contributed by atoms with Gasteiger partial charge in [-0.3, -0.25) is 0 Å². The number of hydrogen-bond acceptors (Lipinski definition) is 2. The monoisotopic (exact) mass is 239 g/mol. The topological polar surface area (TPSA) is 12.0 Å². The van der Waals surface area contributed by atoms with Crippen molar-refractivity contribution in [3.05, 3.63) is 35.1 Å². The van der Waals surface area contributed by atoms with Crippen LogP contribution in [0.2, 0.25) is 0 Å². The molecule has 1 aromatic carbocycles. The lowest BCUT2D eigenvalue weighted by atomic mass is 10.1. The minimum Gasteiger partial charge on any atom is -0.312 e. The van der Waals surface area contributed by atoms with E-state index in [1.54, 1.807) is 6.07 Å². The summed E-state index contributed by atoms with van der Waals surface area (Å²) in [6.07, 6.45) is 2.69. The number of halogens is 1. The number of aryl methyl sites for hydroxylation is 1. The van der Waals surface area contributed by atoms with Crippen LogP contribution in [0.15, 0.2) is 18.2 Å². The number of rotatable bonds is 4. The molecule has 16 heavy (non-hydrogen) atoms. The van der Waals surface area contributed by atoms with Gasteiger partial charge in [-0.15, -0.1) is 0 Å². The van der Waals surface area contributed by atoms with Crippen LogP contribution in [0.1, 0.15) is 24.0 Å². The van der Waals surface area contributed by atoms with E-state index in [4.69, 9.17) is 0 Å². The zero-order chi connectivity index (χ0) is 11.4. The zero-order valence-corrected chi connectivity index (χ0v) is 10.4. The fraction of sp³-hybridized carbons (Fsp3) is 0.538. The van der Waals surface area contributed by atoms with E-state index in [1.807, 2.05) is 13.0 Å². The Kier molecular flexibility index (Phi) is 4.24. The highest BCUT2D eigenvalue weighted by molar-refractivity contribution is 8.00. The Labute approximate surface area is 101 Å². The normalized spacial score (nSPS) is 20.2. The predicted octanol–water partition coefficient (Wildman–Crippen LogP) is 3.12. The summed E-state index contributed by atoms with van der Waals surface area (Å²) in [6.45, 7) is 3.88. The Balaban J connectivity index is 1.80.